The number of rotatable bonds is 8. The Morgan fingerprint density at radius 1 is 1.30 bits per heavy atom. The molecule has 1 amide bonds. The third kappa shape index (κ3) is 8.78. The number of nitrogens with zero attached hydrogens (tertiary/aromatic N) is 1. The van der Waals surface area contributed by atoms with Crippen LogP contribution in [0.4, 0.5) is 0 Å². The predicted molar refractivity (Wildman–Crippen MR) is 93.3 cm³/mol. The normalized spacial score (nSPS) is 20.5. The number of carbonyl (C=O) groups excluding carboxylic acids is 1. The van der Waals surface area contributed by atoms with Crippen LogP contribution in [0.25, 0.3) is 0 Å². The summed E-state index contributed by atoms with van der Waals surface area (Å²) in [6.45, 7) is 8.29. The van der Waals surface area contributed by atoms with Crippen LogP contribution in [0.1, 0.15) is 40.0 Å². The summed E-state index contributed by atoms with van der Waals surface area (Å²) < 4.78 is 22.7. The summed E-state index contributed by atoms with van der Waals surface area (Å²) in [5, 5.41) is 9.05. The summed E-state index contributed by atoms with van der Waals surface area (Å²) in [5.74, 6) is 1.42. The quantitative estimate of drug-likeness (QED) is 0.433. The molecule has 1 aliphatic rings. The molecule has 0 radical (unpaired) electrons. The summed E-state index contributed by atoms with van der Waals surface area (Å²) in [6.07, 6.45) is 1.83. The zero-order chi connectivity index (χ0) is 17.3. The van der Waals surface area contributed by atoms with Gasteiger partial charge in [-0.3, -0.25) is 9.79 Å². The molecule has 1 rings (SSSR count). The minimum atomic E-state index is -2.96. The van der Waals surface area contributed by atoms with Gasteiger partial charge in [-0.2, -0.15) is 0 Å². The van der Waals surface area contributed by atoms with Gasteiger partial charge in [0.05, 0.1) is 11.5 Å². The fourth-order valence-corrected chi connectivity index (χ4v) is 3.95. The molecule has 0 aromatic rings. The number of amides is 1. The first kappa shape index (κ1) is 19.7. The van der Waals surface area contributed by atoms with Crippen LogP contribution in [0.15, 0.2) is 4.99 Å². The first-order chi connectivity index (χ1) is 10.8. The maximum Gasteiger partial charge on any atom is 0.222 e. The van der Waals surface area contributed by atoms with E-state index >= 15 is 0 Å². The molecule has 0 aliphatic carbocycles. The van der Waals surface area contributed by atoms with Crippen LogP contribution in [-0.4, -0.2) is 57.5 Å². The lowest BCUT2D eigenvalue weighted by molar-refractivity contribution is -0.121. The van der Waals surface area contributed by atoms with Gasteiger partial charge in [0, 0.05) is 32.1 Å². The fourth-order valence-electron chi connectivity index (χ4n) is 2.28. The molecule has 1 heterocycles. The van der Waals surface area contributed by atoms with Crippen LogP contribution in [0.5, 0.6) is 0 Å². The second-order valence-electron chi connectivity index (χ2n) is 6.29. The lowest BCUT2D eigenvalue weighted by Crippen LogP contribution is -2.41. The van der Waals surface area contributed by atoms with E-state index in [1.165, 1.54) is 0 Å². The van der Waals surface area contributed by atoms with Crippen molar-refractivity contribution < 1.29 is 13.2 Å². The molecule has 1 atom stereocenters. The van der Waals surface area contributed by atoms with E-state index in [1.54, 1.807) is 0 Å². The number of hydrogen-bond acceptors (Lipinski definition) is 4. The van der Waals surface area contributed by atoms with Crippen LogP contribution < -0.4 is 16.0 Å². The van der Waals surface area contributed by atoms with Gasteiger partial charge in [0.2, 0.25) is 5.91 Å². The highest BCUT2D eigenvalue weighted by atomic mass is 32.2. The average molecular weight is 346 g/mol. The van der Waals surface area contributed by atoms with E-state index in [-0.39, 0.29) is 23.5 Å². The highest BCUT2D eigenvalue weighted by Crippen LogP contribution is 2.11. The lowest BCUT2D eigenvalue weighted by Gasteiger charge is -2.13. The van der Waals surface area contributed by atoms with Crippen molar-refractivity contribution in [3.8, 4) is 0 Å². The molecule has 0 saturated carbocycles. The molecule has 0 aromatic heterocycles. The number of carbonyl (C=O) groups is 1. The van der Waals surface area contributed by atoms with Gasteiger partial charge in [-0.1, -0.05) is 13.8 Å². The molecule has 8 heteroatoms. The minimum absolute atomic E-state index is 0.0610. The summed E-state index contributed by atoms with van der Waals surface area (Å²) in [6, 6.07) is -0.236. The number of guanidine groups is 1. The highest BCUT2D eigenvalue weighted by molar-refractivity contribution is 7.91. The fraction of sp³-hybridized carbons (Fsp3) is 0.867. The van der Waals surface area contributed by atoms with Crippen molar-refractivity contribution >= 4 is 21.7 Å². The van der Waals surface area contributed by atoms with E-state index in [0.717, 1.165) is 19.5 Å². The van der Waals surface area contributed by atoms with Crippen molar-refractivity contribution in [2.45, 2.75) is 46.1 Å². The van der Waals surface area contributed by atoms with Gasteiger partial charge < -0.3 is 16.0 Å². The van der Waals surface area contributed by atoms with Gasteiger partial charge in [0.1, 0.15) is 0 Å². The first-order valence-electron chi connectivity index (χ1n) is 8.34. The third-order valence-electron chi connectivity index (χ3n) is 3.56. The topological polar surface area (TPSA) is 99.7 Å². The Morgan fingerprint density at radius 3 is 2.61 bits per heavy atom. The second-order valence-corrected chi connectivity index (χ2v) is 8.52. The van der Waals surface area contributed by atoms with Crippen LogP contribution >= 0.6 is 0 Å². The van der Waals surface area contributed by atoms with Crippen LogP contribution in [-0.2, 0) is 14.6 Å². The lowest BCUT2D eigenvalue weighted by atomic mass is 10.1. The maximum atomic E-state index is 11.8. The molecule has 3 N–H and O–H groups in total. The van der Waals surface area contributed by atoms with Gasteiger partial charge in [-0.25, -0.2) is 8.42 Å². The molecule has 1 fully saturated rings. The van der Waals surface area contributed by atoms with Crippen molar-refractivity contribution in [2.75, 3.05) is 31.1 Å². The molecule has 0 spiro atoms. The Bertz CT molecular complexity index is 503. The molecule has 1 saturated heterocycles. The summed E-state index contributed by atoms with van der Waals surface area (Å²) in [5.41, 5.74) is 0. The standard InChI is InChI=1S/C15H30N4O3S/c1-4-16-15(17-8-5-12(2)3)18-9-6-14(20)19-13-7-10-23(21,22)11-13/h12-13H,4-11H2,1-3H3,(H,19,20)(H2,16,17,18). The summed E-state index contributed by atoms with van der Waals surface area (Å²) in [7, 11) is -2.96. The van der Waals surface area contributed by atoms with Gasteiger partial charge in [-0.15, -0.1) is 0 Å². The smallest absolute Gasteiger partial charge is 0.222 e. The van der Waals surface area contributed by atoms with E-state index in [0.29, 0.717) is 31.3 Å². The average Bonchev–Trinajstić information content (AvgIpc) is 2.77. The monoisotopic (exact) mass is 346 g/mol. The molecule has 0 bridgehead atoms. The Hall–Kier alpha value is -1.31. The van der Waals surface area contributed by atoms with Crippen LogP contribution in [0.3, 0.4) is 0 Å². The Labute approximate surface area is 139 Å². The van der Waals surface area contributed by atoms with Crippen molar-refractivity contribution in [3.63, 3.8) is 0 Å². The minimum Gasteiger partial charge on any atom is -0.357 e. The molecule has 134 valence electrons. The van der Waals surface area contributed by atoms with Crippen molar-refractivity contribution in [1.82, 2.24) is 16.0 Å². The Kier molecular flexibility index (Phi) is 8.36. The molecule has 1 aliphatic heterocycles. The molecule has 7 nitrogen and oxygen atoms in total. The Morgan fingerprint density at radius 2 is 2.04 bits per heavy atom. The predicted octanol–water partition coefficient (Wildman–Crippen LogP) is 0.281. The van der Waals surface area contributed by atoms with E-state index in [4.69, 9.17) is 0 Å². The van der Waals surface area contributed by atoms with Crippen LogP contribution in [0.2, 0.25) is 0 Å². The molecule has 23 heavy (non-hydrogen) atoms. The molecule has 1 unspecified atom stereocenters. The second kappa shape index (κ2) is 9.75. The van der Waals surface area contributed by atoms with Crippen molar-refractivity contribution in [1.29, 1.82) is 0 Å². The van der Waals surface area contributed by atoms with Crippen LogP contribution in [0, 0.1) is 5.92 Å². The van der Waals surface area contributed by atoms with E-state index in [1.807, 2.05) is 6.92 Å². The number of sulfone groups is 1. The molecule has 0 aromatic carbocycles. The van der Waals surface area contributed by atoms with Crippen molar-refractivity contribution in [2.24, 2.45) is 10.9 Å². The van der Waals surface area contributed by atoms with Gasteiger partial charge in [0.25, 0.3) is 0 Å². The summed E-state index contributed by atoms with van der Waals surface area (Å²) in [4.78, 5) is 16.3. The van der Waals surface area contributed by atoms with E-state index in [2.05, 4.69) is 34.8 Å². The van der Waals surface area contributed by atoms with Crippen molar-refractivity contribution in [3.05, 3.63) is 0 Å². The summed E-state index contributed by atoms with van der Waals surface area (Å²) >= 11 is 0. The SMILES string of the molecule is CCNC(=NCCC(C)C)NCCC(=O)NC1CCS(=O)(=O)C1. The molecular formula is C15H30N4O3S. The highest BCUT2D eigenvalue weighted by Gasteiger charge is 2.28. The van der Waals surface area contributed by atoms with Gasteiger partial charge >= 0.3 is 0 Å². The largest absolute Gasteiger partial charge is 0.357 e. The van der Waals surface area contributed by atoms with Gasteiger partial charge in [-0.05, 0) is 25.7 Å². The van der Waals surface area contributed by atoms with E-state index in [9.17, 15) is 13.2 Å². The zero-order valence-corrected chi connectivity index (χ0v) is 15.2. The number of hydrogen-bond donors (Lipinski definition) is 3. The number of aliphatic imine (C=N–C) groups is 1. The van der Waals surface area contributed by atoms with E-state index < -0.39 is 9.84 Å². The molecular weight excluding hydrogens is 316 g/mol. The maximum absolute atomic E-state index is 11.8. The Balaban J connectivity index is 2.28. The number of nitrogens with one attached hydrogen (secondary N) is 3. The van der Waals surface area contributed by atoms with Gasteiger partial charge in [0.15, 0.2) is 15.8 Å². The first-order valence-corrected chi connectivity index (χ1v) is 10.2. The zero-order valence-electron chi connectivity index (χ0n) is 14.4. The third-order valence-corrected chi connectivity index (χ3v) is 5.33.